The molecule has 0 radical (unpaired) electrons. The summed E-state index contributed by atoms with van der Waals surface area (Å²) in [5, 5.41) is 1.20. The van der Waals surface area contributed by atoms with E-state index in [0.717, 1.165) is 24.8 Å². The zero-order chi connectivity index (χ0) is 11.2. The summed E-state index contributed by atoms with van der Waals surface area (Å²) in [7, 11) is 0. The van der Waals surface area contributed by atoms with Crippen molar-refractivity contribution in [3.63, 3.8) is 0 Å². The van der Waals surface area contributed by atoms with E-state index in [9.17, 15) is 0 Å². The van der Waals surface area contributed by atoms with E-state index in [1.165, 1.54) is 21.7 Å². The molecule has 0 unspecified atom stereocenters. The first-order valence-electron chi connectivity index (χ1n) is 5.80. The Morgan fingerprint density at radius 1 is 1.44 bits per heavy atom. The predicted octanol–water partition coefficient (Wildman–Crippen LogP) is 3.03. The molecule has 2 N–H and O–H groups in total. The van der Waals surface area contributed by atoms with Crippen LogP contribution in [0.3, 0.4) is 0 Å². The van der Waals surface area contributed by atoms with Gasteiger partial charge in [-0.25, -0.2) is 4.98 Å². The molecule has 1 aliphatic carbocycles. The summed E-state index contributed by atoms with van der Waals surface area (Å²) in [5.41, 5.74) is 8.70. The minimum atomic E-state index is 0.0446. The van der Waals surface area contributed by atoms with Crippen molar-refractivity contribution in [1.82, 2.24) is 4.98 Å². The van der Waals surface area contributed by atoms with Crippen molar-refractivity contribution in [2.45, 2.75) is 38.1 Å². The average Bonchev–Trinajstić information content (AvgIpc) is 2.56. The Bertz CT molecular complexity index is 526. The number of rotatable bonds is 2. The van der Waals surface area contributed by atoms with Crippen LogP contribution >= 0.6 is 11.3 Å². The standard InChI is InChI=1S/C13H16N2S/c1-9-3-4-11-10(7-9)15-12(16-11)8-13(14)5-2-6-13/h3-4,7H,2,5-6,8,14H2,1H3. The minimum absolute atomic E-state index is 0.0446. The van der Waals surface area contributed by atoms with Gasteiger partial charge in [0.05, 0.1) is 15.2 Å². The Hall–Kier alpha value is -0.930. The topological polar surface area (TPSA) is 38.9 Å². The van der Waals surface area contributed by atoms with Crippen molar-refractivity contribution in [1.29, 1.82) is 0 Å². The first-order chi connectivity index (χ1) is 7.65. The van der Waals surface area contributed by atoms with Crippen LogP contribution in [0.1, 0.15) is 29.8 Å². The molecule has 0 aliphatic heterocycles. The lowest BCUT2D eigenvalue weighted by Crippen LogP contribution is -2.48. The predicted molar refractivity (Wildman–Crippen MR) is 68.8 cm³/mol. The SMILES string of the molecule is Cc1ccc2sc(CC3(N)CCC3)nc2c1. The molecule has 0 bridgehead atoms. The van der Waals surface area contributed by atoms with Gasteiger partial charge in [-0.3, -0.25) is 0 Å². The molecule has 3 heteroatoms. The van der Waals surface area contributed by atoms with Gasteiger partial charge in [0.25, 0.3) is 0 Å². The lowest BCUT2D eigenvalue weighted by atomic mass is 9.75. The number of aryl methyl sites for hydroxylation is 1. The molecule has 0 amide bonds. The van der Waals surface area contributed by atoms with Crippen LogP contribution < -0.4 is 5.73 Å². The van der Waals surface area contributed by atoms with Crippen molar-refractivity contribution in [2.75, 3.05) is 0 Å². The maximum absolute atomic E-state index is 6.25. The number of thiazole rings is 1. The first-order valence-corrected chi connectivity index (χ1v) is 6.61. The first kappa shape index (κ1) is 10.2. The maximum atomic E-state index is 6.25. The van der Waals surface area contributed by atoms with E-state index in [0.29, 0.717) is 0 Å². The zero-order valence-electron chi connectivity index (χ0n) is 9.49. The van der Waals surface area contributed by atoms with E-state index >= 15 is 0 Å². The second kappa shape index (κ2) is 3.54. The lowest BCUT2D eigenvalue weighted by Gasteiger charge is -2.37. The molecule has 0 atom stereocenters. The number of fused-ring (bicyclic) bond motifs is 1. The van der Waals surface area contributed by atoms with Crippen LogP contribution in [-0.2, 0) is 6.42 Å². The van der Waals surface area contributed by atoms with Crippen LogP contribution in [0.2, 0.25) is 0 Å². The maximum Gasteiger partial charge on any atom is 0.0956 e. The fourth-order valence-electron chi connectivity index (χ4n) is 2.27. The molecule has 16 heavy (non-hydrogen) atoms. The van der Waals surface area contributed by atoms with Gasteiger partial charge in [-0.15, -0.1) is 11.3 Å². The largest absolute Gasteiger partial charge is 0.325 e. The Labute approximate surface area is 99.5 Å². The molecule has 0 spiro atoms. The van der Waals surface area contributed by atoms with Gasteiger partial charge in [0.2, 0.25) is 0 Å². The quantitative estimate of drug-likeness (QED) is 0.864. The number of aromatic nitrogens is 1. The summed E-state index contributed by atoms with van der Waals surface area (Å²) in [6.07, 6.45) is 4.54. The molecule has 1 aromatic heterocycles. The third-order valence-corrected chi connectivity index (χ3v) is 4.48. The second-order valence-electron chi connectivity index (χ2n) is 4.97. The van der Waals surface area contributed by atoms with Gasteiger partial charge in [0.1, 0.15) is 0 Å². The van der Waals surface area contributed by atoms with E-state index < -0.39 is 0 Å². The van der Waals surface area contributed by atoms with Crippen LogP contribution in [0.5, 0.6) is 0 Å². The Kier molecular flexibility index (Phi) is 2.26. The smallest absolute Gasteiger partial charge is 0.0956 e. The fraction of sp³-hybridized carbons (Fsp3) is 0.462. The summed E-state index contributed by atoms with van der Waals surface area (Å²) in [6, 6.07) is 6.46. The highest BCUT2D eigenvalue weighted by atomic mass is 32.1. The molecular weight excluding hydrogens is 216 g/mol. The third kappa shape index (κ3) is 1.74. The molecule has 84 valence electrons. The normalized spacial score (nSPS) is 18.6. The van der Waals surface area contributed by atoms with E-state index in [1.54, 1.807) is 11.3 Å². The second-order valence-corrected chi connectivity index (χ2v) is 6.09. The van der Waals surface area contributed by atoms with Crippen LogP contribution in [-0.4, -0.2) is 10.5 Å². The molecule has 3 rings (SSSR count). The molecule has 1 aromatic carbocycles. The van der Waals surface area contributed by atoms with E-state index in [2.05, 4.69) is 30.1 Å². The molecule has 1 aliphatic rings. The van der Waals surface area contributed by atoms with Crippen LogP contribution in [0.4, 0.5) is 0 Å². The number of nitrogens with zero attached hydrogens (tertiary/aromatic N) is 1. The van der Waals surface area contributed by atoms with Gasteiger partial charge in [-0.1, -0.05) is 6.07 Å². The van der Waals surface area contributed by atoms with E-state index in [-0.39, 0.29) is 5.54 Å². The summed E-state index contributed by atoms with van der Waals surface area (Å²) in [4.78, 5) is 4.68. The molecule has 2 aromatic rings. The minimum Gasteiger partial charge on any atom is -0.325 e. The van der Waals surface area contributed by atoms with Gasteiger partial charge in [0, 0.05) is 12.0 Å². The van der Waals surface area contributed by atoms with Crippen molar-refractivity contribution in [3.05, 3.63) is 28.8 Å². The molecule has 0 saturated heterocycles. The van der Waals surface area contributed by atoms with E-state index in [4.69, 9.17) is 5.73 Å². The highest BCUT2D eigenvalue weighted by Gasteiger charge is 2.33. The van der Waals surface area contributed by atoms with Crippen molar-refractivity contribution in [3.8, 4) is 0 Å². The van der Waals surface area contributed by atoms with E-state index in [1.807, 2.05) is 0 Å². The summed E-state index contributed by atoms with van der Waals surface area (Å²) in [5.74, 6) is 0. The third-order valence-electron chi connectivity index (χ3n) is 3.44. The number of nitrogens with two attached hydrogens (primary N) is 1. The summed E-state index contributed by atoms with van der Waals surface area (Å²) < 4.78 is 1.28. The van der Waals surface area contributed by atoms with Crippen molar-refractivity contribution in [2.24, 2.45) is 5.73 Å². The summed E-state index contributed by atoms with van der Waals surface area (Å²) >= 11 is 1.79. The molecular formula is C13H16N2S. The molecule has 1 fully saturated rings. The molecule has 1 heterocycles. The lowest BCUT2D eigenvalue weighted by molar-refractivity contribution is 0.247. The van der Waals surface area contributed by atoms with Gasteiger partial charge < -0.3 is 5.73 Å². The number of hydrogen-bond donors (Lipinski definition) is 1. The highest BCUT2D eigenvalue weighted by molar-refractivity contribution is 7.18. The summed E-state index contributed by atoms with van der Waals surface area (Å²) in [6.45, 7) is 2.11. The van der Waals surface area contributed by atoms with Crippen LogP contribution in [0, 0.1) is 6.92 Å². The monoisotopic (exact) mass is 232 g/mol. The average molecular weight is 232 g/mol. The Morgan fingerprint density at radius 3 is 2.94 bits per heavy atom. The van der Waals surface area contributed by atoms with Gasteiger partial charge in [-0.05, 0) is 43.9 Å². The van der Waals surface area contributed by atoms with Crippen LogP contribution in [0.25, 0.3) is 10.2 Å². The van der Waals surface area contributed by atoms with Crippen molar-refractivity contribution < 1.29 is 0 Å². The Balaban J connectivity index is 1.93. The Morgan fingerprint density at radius 2 is 2.25 bits per heavy atom. The molecule has 1 saturated carbocycles. The van der Waals surface area contributed by atoms with Crippen molar-refractivity contribution >= 4 is 21.6 Å². The zero-order valence-corrected chi connectivity index (χ0v) is 10.3. The van der Waals surface area contributed by atoms with Crippen LogP contribution in [0.15, 0.2) is 18.2 Å². The number of benzene rings is 1. The molecule has 2 nitrogen and oxygen atoms in total. The van der Waals surface area contributed by atoms with Gasteiger partial charge in [0.15, 0.2) is 0 Å². The van der Waals surface area contributed by atoms with Gasteiger partial charge >= 0.3 is 0 Å². The number of hydrogen-bond acceptors (Lipinski definition) is 3. The fourth-order valence-corrected chi connectivity index (χ4v) is 3.37. The van der Waals surface area contributed by atoms with Gasteiger partial charge in [-0.2, -0.15) is 0 Å². The highest BCUT2D eigenvalue weighted by Crippen LogP contribution is 2.34.